The molecule has 1 fully saturated rings. The van der Waals surface area contributed by atoms with Crippen molar-refractivity contribution in [2.75, 3.05) is 12.4 Å². The summed E-state index contributed by atoms with van der Waals surface area (Å²) in [5.74, 6) is 1.56. The Balaban J connectivity index is 1.81. The molecule has 4 nitrogen and oxygen atoms in total. The number of carbonyl (C=O) groups is 1. The molecule has 1 saturated carbocycles. The second-order valence-electron chi connectivity index (χ2n) is 4.20. The smallest absolute Gasteiger partial charge is 0.273 e. The zero-order valence-corrected chi connectivity index (χ0v) is 9.74. The quantitative estimate of drug-likeness (QED) is 0.823. The minimum absolute atomic E-state index is 0.172. The minimum atomic E-state index is -0.172. The number of rotatable bonds is 4. The van der Waals surface area contributed by atoms with Crippen molar-refractivity contribution >= 4 is 17.5 Å². The fraction of sp³-hybridized carbons (Fsp3) is 0.636. The molecule has 1 aromatic heterocycles. The van der Waals surface area contributed by atoms with E-state index in [0.29, 0.717) is 30.0 Å². The van der Waals surface area contributed by atoms with E-state index in [1.165, 1.54) is 19.1 Å². The lowest BCUT2D eigenvalue weighted by Gasteiger charge is -2.16. The lowest BCUT2D eigenvalue weighted by Crippen LogP contribution is -2.31. The van der Waals surface area contributed by atoms with Crippen molar-refractivity contribution in [3.63, 3.8) is 0 Å². The first kappa shape index (κ1) is 11.5. The fourth-order valence-corrected chi connectivity index (χ4v) is 2.64. The van der Waals surface area contributed by atoms with Crippen LogP contribution in [0.15, 0.2) is 16.9 Å². The number of nitrogens with one attached hydrogen (secondary N) is 1. The Bertz CT molecular complexity index is 340. The summed E-state index contributed by atoms with van der Waals surface area (Å²) in [6, 6.07) is 1.56. The molecular weight excluding hydrogens is 228 g/mol. The molecule has 0 radical (unpaired) electrons. The molecule has 16 heavy (non-hydrogen) atoms. The molecule has 1 amide bonds. The number of alkyl halides is 1. The van der Waals surface area contributed by atoms with Crippen molar-refractivity contribution in [1.29, 1.82) is 0 Å². The zero-order chi connectivity index (χ0) is 11.4. The monoisotopic (exact) mass is 242 g/mol. The van der Waals surface area contributed by atoms with Gasteiger partial charge in [-0.25, -0.2) is 0 Å². The van der Waals surface area contributed by atoms with Gasteiger partial charge in [0, 0.05) is 18.5 Å². The maximum atomic E-state index is 11.6. The van der Waals surface area contributed by atoms with Gasteiger partial charge in [-0.2, -0.15) is 0 Å². The van der Waals surface area contributed by atoms with Crippen LogP contribution in [0.25, 0.3) is 0 Å². The lowest BCUT2D eigenvalue weighted by molar-refractivity contribution is 0.0935. The summed E-state index contributed by atoms with van der Waals surface area (Å²) in [5.41, 5.74) is 0.334. The number of hydrogen-bond donors (Lipinski definition) is 1. The number of aromatic nitrogens is 1. The van der Waals surface area contributed by atoms with Crippen LogP contribution < -0.4 is 5.32 Å². The number of hydrogen-bond acceptors (Lipinski definition) is 3. The predicted molar refractivity (Wildman–Crippen MR) is 60.4 cm³/mol. The molecule has 2 rings (SSSR count). The van der Waals surface area contributed by atoms with Gasteiger partial charge in [0.05, 0.1) is 0 Å². The first-order chi connectivity index (χ1) is 7.81. The summed E-state index contributed by atoms with van der Waals surface area (Å²) in [6.45, 7) is 0.684. The Hall–Kier alpha value is -1.03. The SMILES string of the molecule is O=C(NCC1CCCC1CCl)c1ccon1. The number of halogens is 1. The fourth-order valence-electron chi connectivity index (χ4n) is 2.23. The van der Waals surface area contributed by atoms with E-state index in [4.69, 9.17) is 11.6 Å². The number of nitrogens with zero attached hydrogens (tertiary/aromatic N) is 1. The van der Waals surface area contributed by atoms with Crippen LogP contribution in [0.2, 0.25) is 0 Å². The molecule has 2 unspecified atom stereocenters. The second kappa shape index (κ2) is 5.34. The van der Waals surface area contributed by atoms with Gasteiger partial charge in [0.15, 0.2) is 5.69 Å². The van der Waals surface area contributed by atoms with Crippen molar-refractivity contribution in [2.24, 2.45) is 11.8 Å². The van der Waals surface area contributed by atoms with Crippen molar-refractivity contribution in [3.8, 4) is 0 Å². The molecular formula is C11H15ClN2O2. The standard InChI is InChI=1S/C11H15ClN2O2/c12-6-8-2-1-3-9(8)7-13-11(15)10-4-5-16-14-10/h4-5,8-9H,1-3,6-7H2,(H,13,15). The summed E-state index contributed by atoms with van der Waals surface area (Å²) >= 11 is 5.88. The van der Waals surface area contributed by atoms with Crippen LogP contribution in [0, 0.1) is 11.8 Å². The highest BCUT2D eigenvalue weighted by Crippen LogP contribution is 2.31. The highest BCUT2D eigenvalue weighted by molar-refractivity contribution is 6.18. The van der Waals surface area contributed by atoms with Crippen LogP contribution in [-0.4, -0.2) is 23.5 Å². The van der Waals surface area contributed by atoms with Gasteiger partial charge in [-0.05, 0) is 24.7 Å². The normalized spacial score (nSPS) is 24.6. The van der Waals surface area contributed by atoms with Gasteiger partial charge in [0.1, 0.15) is 6.26 Å². The molecule has 88 valence electrons. The van der Waals surface area contributed by atoms with Crippen LogP contribution in [0.1, 0.15) is 29.8 Å². The number of carbonyl (C=O) groups excluding carboxylic acids is 1. The molecule has 1 heterocycles. The Labute approximate surface area is 99.3 Å². The third-order valence-corrected chi connectivity index (χ3v) is 3.61. The highest BCUT2D eigenvalue weighted by atomic mass is 35.5. The van der Waals surface area contributed by atoms with Gasteiger partial charge in [0.25, 0.3) is 5.91 Å². The van der Waals surface area contributed by atoms with E-state index >= 15 is 0 Å². The minimum Gasteiger partial charge on any atom is -0.364 e. The molecule has 0 aromatic carbocycles. The van der Waals surface area contributed by atoms with E-state index in [9.17, 15) is 4.79 Å². The van der Waals surface area contributed by atoms with Gasteiger partial charge in [0.2, 0.25) is 0 Å². The zero-order valence-electron chi connectivity index (χ0n) is 8.99. The van der Waals surface area contributed by atoms with Crippen molar-refractivity contribution in [1.82, 2.24) is 10.5 Å². The Morgan fingerprint density at radius 2 is 2.38 bits per heavy atom. The molecule has 5 heteroatoms. The Morgan fingerprint density at radius 1 is 1.56 bits per heavy atom. The second-order valence-corrected chi connectivity index (χ2v) is 4.51. The van der Waals surface area contributed by atoms with Crippen LogP contribution >= 0.6 is 11.6 Å². The van der Waals surface area contributed by atoms with E-state index in [0.717, 1.165) is 6.42 Å². The first-order valence-corrected chi connectivity index (χ1v) is 6.09. The van der Waals surface area contributed by atoms with E-state index in [2.05, 4.69) is 15.0 Å². The van der Waals surface area contributed by atoms with Crippen molar-refractivity contribution in [3.05, 3.63) is 18.0 Å². The molecule has 2 atom stereocenters. The number of amides is 1. The predicted octanol–water partition coefficient (Wildman–Crippen LogP) is 2.06. The molecule has 1 aliphatic rings. The topological polar surface area (TPSA) is 55.1 Å². The van der Waals surface area contributed by atoms with Crippen LogP contribution in [0.4, 0.5) is 0 Å². The maximum absolute atomic E-state index is 11.6. The molecule has 1 aliphatic carbocycles. The summed E-state index contributed by atoms with van der Waals surface area (Å²) in [7, 11) is 0. The molecule has 1 aromatic rings. The average molecular weight is 243 g/mol. The van der Waals surface area contributed by atoms with Gasteiger partial charge >= 0.3 is 0 Å². The summed E-state index contributed by atoms with van der Waals surface area (Å²) < 4.78 is 4.62. The third-order valence-electron chi connectivity index (χ3n) is 3.21. The van der Waals surface area contributed by atoms with Crippen LogP contribution in [-0.2, 0) is 0 Å². The van der Waals surface area contributed by atoms with Gasteiger partial charge in [-0.3, -0.25) is 4.79 Å². The average Bonchev–Trinajstić information content (AvgIpc) is 2.96. The first-order valence-electron chi connectivity index (χ1n) is 5.56. The third kappa shape index (κ3) is 2.55. The van der Waals surface area contributed by atoms with Gasteiger partial charge in [-0.1, -0.05) is 11.6 Å². The Morgan fingerprint density at radius 3 is 3.06 bits per heavy atom. The molecule has 0 bridgehead atoms. The summed E-state index contributed by atoms with van der Waals surface area (Å²) in [6.07, 6.45) is 4.93. The van der Waals surface area contributed by atoms with Crippen LogP contribution in [0.3, 0.4) is 0 Å². The van der Waals surface area contributed by atoms with Gasteiger partial charge < -0.3 is 9.84 Å². The highest BCUT2D eigenvalue weighted by Gasteiger charge is 2.26. The summed E-state index contributed by atoms with van der Waals surface area (Å²) in [5, 5.41) is 6.46. The molecule has 0 saturated heterocycles. The van der Waals surface area contributed by atoms with E-state index < -0.39 is 0 Å². The van der Waals surface area contributed by atoms with Crippen molar-refractivity contribution in [2.45, 2.75) is 19.3 Å². The molecule has 1 N–H and O–H groups in total. The van der Waals surface area contributed by atoms with Gasteiger partial charge in [-0.15, -0.1) is 11.6 Å². The molecule has 0 aliphatic heterocycles. The molecule has 0 spiro atoms. The van der Waals surface area contributed by atoms with E-state index in [-0.39, 0.29) is 5.91 Å². The largest absolute Gasteiger partial charge is 0.364 e. The van der Waals surface area contributed by atoms with E-state index in [1.807, 2.05) is 0 Å². The summed E-state index contributed by atoms with van der Waals surface area (Å²) in [4.78, 5) is 11.6. The Kier molecular flexibility index (Phi) is 3.83. The maximum Gasteiger partial charge on any atom is 0.273 e. The lowest BCUT2D eigenvalue weighted by atomic mass is 9.98. The van der Waals surface area contributed by atoms with E-state index in [1.54, 1.807) is 6.07 Å². The van der Waals surface area contributed by atoms with Crippen molar-refractivity contribution < 1.29 is 9.32 Å². The van der Waals surface area contributed by atoms with Crippen LogP contribution in [0.5, 0.6) is 0 Å².